The number of methoxy groups -OCH3 is 1. The van der Waals surface area contributed by atoms with Crippen molar-refractivity contribution >= 4 is 23.9 Å². The Morgan fingerprint density at radius 2 is 2.04 bits per heavy atom. The van der Waals surface area contributed by atoms with Crippen LogP contribution in [0.2, 0.25) is 0 Å². The molecule has 5 nitrogen and oxygen atoms in total. The average Bonchev–Trinajstić information content (AvgIpc) is 2.57. The third-order valence-corrected chi connectivity index (χ3v) is 4.00. The van der Waals surface area contributed by atoms with E-state index in [2.05, 4.69) is 10.5 Å². The number of hydrogen-bond donors (Lipinski definition) is 2. The Hall–Kier alpha value is -2.47. The van der Waals surface area contributed by atoms with Crippen molar-refractivity contribution in [2.45, 2.75) is 11.3 Å². The minimum absolute atomic E-state index is 0.00682. The second kappa shape index (κ2) is 8.85. The van der Waals surface area contributed by atoms with Crippen molar-refractivity contribution in [1.82, 2.24) is 5.43 Å². The normalized spacial score (nSPS) is 10.7. The molecular weight excluding hydrogens is 312 g/mol. The zero-order chi connectivity index (χ0) is 16.5. The lowest BCUT2D eigenvalue weighted by atomic mass is 10.2. The first-order valence-electron chi connectivity index (χ1n) is 7.06. The Labute approximate surface area is 139 Å². The number of phenols is 1. The van der Waals surface area contributed by atoms with Crippen molar-refractivity contribution < 1.29 is 14.6 Å². The lowest BCUT2D eigenvalue weighted by Gasteiger charge is -2.05. The van der Waals surface area contributed by atoms with Crippen LogP contribution in [-0.4, -0.2) is 30.1 Å². The zero-order valence-electron chi connectivity index (χ0n) is 12.7. The molecule has 0 fully saturated rings. The van der Waals surface area contributed by atoms with Gasteiger partial charge in [-0.25, -0.2) is 5.43 Å². The maximum atomic E-state index is 11.7. The first kappa shape index (κ1) is 16.9. The molecule has 2 aromatic rings. The van der Waals surface area contributed by atoms with Gasteiger partial charge in [-0.3, -0.25) is 4.79 Å². The Kier molecular flexibility index (Phi) is 6.50. The van der Waals surface area contributed by atoms with E-state index in [1.165, 1.54) is 13.3 Å². The van der Waals surface area contributed by atoms with Gasteiger partial charge in [-0.2, -0.15) is 5.10 Å². The van der Waals surface area contributed by atoms with Gasteiger partial charge in [0.05, 0.1) is 13.3 Å². The number of para-hydroxylation sites is 1. The Morgan fingerprint density at radius 3 is 2.78 bits per heavy atom. The number of hydrogen-bond acceptors (Lipinski definition) is 5. The summed E-state index contributed by atoms with van der Waals surface area (Å²) in [5.41, 5.74) is 2.92. The SMILES string of the molecule is COc1cccc(/C=N\NC(=O)CCSc2ccccc2)c1O. The average molecular weight is 330 g/mol. The molecule has 0 heterocycles. The van der Waals surface area contributed by atoms with Gasteiger partial charge in [0.1, 0.15) is 0 Å². The number of amides is 1. The van der Waals surface area contributed by atoms with E-state index in [1.54, 1.807) is 30.0 Å². The summed E-state index contributed by atoms with van der Waals surface area (Å²) in [6, 6.07) is 15.0. The van der Waals surface area contributed by atoms with Gasteiger partial charge >= 0.3 is 0 Å². The van der Waals surface area contributed by atoms with E-state index in [9.17, 15) is 9.90 Å². The van der Waals surface area contributed by atoms with Crippen molar-refractivity contribution in [3.63, 3.8) is 0 Å². The first-order valence-corrected chi connectivity index (χ1v) is 8.05. The minimum Gasteiger partial charge on any atom is -0.504 e. The van der Waals surface area contributed by atoms with Gasteiger partial charge in [-0.15, -0.1) is 11.8 Å². The number of nitrogens with one attached hydrogen (secondary N) is 1. The zero-order valence-corrected chi connectivity index (χ0v) is 13.5. The number of carbonyl (C=O) groups is 1. The van der Waals surface area contributed by atoms with E-state index < -0.39 is 0 Å². The fraction of sp³-hybridized carbons (Fsp3) is 0.176. The molecule has 1 amide bonds. The van der Waals surface area contributed by atoms with Crippen LogP contribution in [0.25, 0.3) is 0 Å². The van der Waals surface area contributed by atoms with E-state index in [0.29, 0.717) is 23.5 Å². The second-order valence-corrected chi connectivity index (χ2v) is 5.77. The highest BCUT2D eigenvalue weighted by Gasteiger charge is 2.05. The van der Waals surface area contributed by atoms with Crippen molar-refractivity contribution in [3.05, 3.63) is 54.1 Å². The minimum atomic E-state index is -0.174. The molecule has 0 radical (unpaired) electrons. The smallest absolute Gasteiger partial charge is 0.240 e. The number of rotatable bonds is 7. The van der Waals surface area contributed by atoms with Crippen LogP contribution < -0.4 is 10.2 Å². The van der Waals surface area contributed by atoms with Crippen LogP contribution >= 0.6 is 11.8 Å². The fourth-order valence-electron chi connectivity index (χ4n) is 1.82. The van der Waals surface area contributed by atoms with Gasteiger partial charge < -0.3 is 9.84 Å². The molecular formula is C17H18N2O3S. The maximum absolute atomic E-state index is 11.7. The quantitative estimate of drug-likeness (QED) is 0.465. The summed E-state index contributed by atoms with van der Waals surface area (Å²) in [7, 11) is 1.47. The molecule has 0 saturated heterocycles. The molecule has 2 rings (SSSR count). The number of nitrogens with zero attached hydrogens (tertiary/aromatic N) is 1. The van der Waals surface area contributed by atoms with Gasteiger partial charge in [-0.1, -0.05) is 24.3 Å². The molecule has 6 heteroatoms. The van der Waals surface area contributed by atoms with Crippen LogP contribution in [0, 0.1) is 0 Å². The van der Waals surface area contributed by atoms with Gasteiger partial charge in [0.15, 0.2) is 11.5 Å². The van der Waals surface area contributed by atoms with Gasteiger partial charge in [0.25, 0.3) is 0 Å². The fourth-order valence-corrected chi connectivity index (χ4v) is 2.69. The van der Waals surface area contributed by atoms with Crippen LogP contribution in [0.1, 0.15) is 12.0 Å². The molecule has 0 aromatic heterocycles. The Balaban J connectivity index is 1.78. The molecule has 120 valence electrons. The number of phenolic OH excluding ortho intramolecular Hbond substituents is 1. The van der Waals surface area contributed by atoms with E-state index in [0.717, 1.165) is 4.90 Å². The highest BCUT2D eigenvalue weighted by atomic mass is 32.2. The maximum Gasteiger partial charge on any atom is 0.240 e. The molecule has 0 saturated carbocycles. The van der Waals surface area contributed by atoms with E-state index >= 15 is 0 Å². The number of aromatic hydroxyl groups is 1. The molecule has 23 heavy (non-hydrogen) atoms. The lowest BCUT2D eigenvalue weighted by Crippen LogP contribution is -2.17. The summed E-state index contributed by atoms with van der Waals surface area (Å²) in [4.78, 5) is 12.8. The van der Waals surface area contributed by atoms with Crippen LogP contribution in [-0.2, 0) is 4.79 Å². The van der Waals surface area contributed by atoms with Gasteiger partial charge in [0, 0.05) is 22.6 Å². The van der Waals surface area contributed by atoms with E-state index in [4.69, 9.17) is 4.74 Å². The number of benzene rings is 2. The number of carbonyl (C=O) groups excluding carboxylic acids is 1. The molecule has 0 aliphatic rings. The number of ether oxygens (including phenoxy) is 1. The van der Waals surface area contributed by atoms with Crippen molar-refractivity contribution in [2.24, 2.45) is 5.10 Å². The van der Waals surface area contributed by atoms with Crippen LogP contribution in [0.3, 0.4) is 0 Å². The van der Waals surface area contributed by atoms with Gasteiger partial charge in [0.2, 0.25) is 5.91 Å². The topological polar surface area (TPSA) is 70.9 Å². The van der Waals surface area contributed by atoms with Crippen molar-refractivity contribution in [2.75, 3.05) is 12.9 Å². The summed E-state index contributed by atoms with van der Waals surface area (Å²) >= 11 is 1.62. The molecule has 0 atom stereocenters. The van der Waals surface area contributed by atoms with Crippen LogP contribution in [0.15, 0.2) is 58.5 Å². The second-order valence-electron chi connectivity index (χ2n) is 4.60. The summed E-state index contributed by atoms with van der Waals surface area (Å²) in [5, 5.41) is 13.7. The molecule has 0 bridgehead atoms. The standard InChI is InChI=1S/C17H18N2O3S/c1-22-15-9-5-6-13(17(15)21)12-18-19-16(20)10-11-23-14-7-3-2-4-8-14/h2-9,12,21H,10-11H2,1H3,(H,19,20)/b18-12-. The molecule has 2 aromatic carbocycles. The Morgan fingerprint density at radius 1 is 1.26 bits per heavy atom. The molecule has 0 aliphatic carbocycles. The van der Waals surface area contributed by atoms with Crippen molar-refractivity contribution in [1.29, 1.82) is 0 Å². The lowest BCUT2D eigenvalue weighted by molar-refractivity contribution is -0.120. The van der Waals surface area contributed by atoms with Crippen LogP contribution in [0.4, 0.5) is 0 Å². The largest absolute Gasteiger partial charge is 0.504 e. The third-order valence-electron chi connectivity index (χ3n) is 2.98. The molecule has 0 unspecified atom stereocenters. The predicted molar refractivity (Wildman–Crippen MR) is 92.2 cm³/mol. The number of hydrazone groups is 1. The molecule has 2 N–H and O–H groups in total. The van der Waals surface area contributed by atoms with Crippen molar-refractivity contribution in [3.8, 4) is 11.5 Å². The summed E-state index contributed by atoms with van der Waals surface area (Å²) in [6.07, 6.45) is 1.75. The summed E-state index contributed by atoms with van der Waals surface area (Å²) < 4.78 is 5.01. The summed E-state index contributed by atoms with van der Waals surface area (Å²) in [6.45, 7) is 0. The number of thioether (sulfide) groups is 1. The summed E-state index contributed by atoms with van der Waals surface area (Å²) in [5.74, 6) is 0.856. The monoisotopic (exact) mass is 330 g/mol. The Bertz CT molecular complexity index is 675. The third kappa shape index (κ3) is 5.34. The van der Waals surface area contributed by atoms with E-state index in [-0.39, 0.29) is 11.7 Å². The predicted octanol–water partition coefficient (Wildman–Crippen LogP) is 3.03. The van der Waals surface area contributed by atoms with Crippen LogP contribution in [0.5, 0.6) is 11.5 Å². The van der Waals surface area contributed by atoms with Gasteiger partial charge in [-0.05, 0) is 24.3 Å². The van der Waals surface area contributed by atoms with E-state index in [1.807, 2.05) is 30.3 Å². The molecule has 0 aliphatic heterocycles. The molecule has 0 spiro atoms. The highest BCUT2D eigenvalue weighted by Crippen LogP contribution is 2.27. The highest BCUT2D eigenvalue weighted by molar-refractivity contribution is 7.99. The first-order chi connectivity index (χ1) is 11.2.